The first kappa shape index (κ1) is 22.9. The summed E-state index contributed by atoms with van der Waals surface area (Å²) in [6.45, 7) is 13.6. The van der Waals surface area contributed by atoms with Gasteiger partial charge in [-0.25, -0.2) is 0 Å². The van der Waals surface area contributed by atoms with E-state index in [0.29, 0.717) is 0 Å². The number of nitrogens with zero attached hydrogens (tertiary/aromatic N) is 1. The van der Waals surface area contributed by atoms with Crippen LogP contribution in [-0.2, 0) is 5.41 Å². The topological polar surface area (TPSA) is 3.24 Å². The van der Waals surface area contributed by atoms with Crippen LogP contribution in [0.15, 0.2) is 103 Å². The molecule has 1 heteroatoms. The molecule has 168 valence electrons. The monoisotopic (exact) mass is 433 g/mol. The first-order valence-electron chi connectivity index (χ1n) is 11.8. The fourth-order valence-corrected chi connectivity index (χ4v) is 4.32. The second-order valence-electron chi connectivity index (χ2n) is 10.8. The lowest BCUT2D eigenvalue weighted by Crippen LogP contribution is -2.37. The normalized spacial score (nSPS) is 11.9. The molecular formula is C32H35N. The Hall–Kier alpha value is -3.32. The molecule has 0 fully saturated rings. The molecule has 0 aromatic heterocycles. The van der Waals surface area contributed by atoms with Gasteiger partial charge in [0.15, 0.2) is 0 Å². The molecule has 0 bridgehead atoms. The van der Waals surface area contributed by atoms with Gasteiger partial charge >= 0.3 is 0 Å². The highest BCUT2D eigenvalue weighted by molar-refractivity contribution is 5.73. The average molecular weight is 434 g/mol. The Kier molecular flexibility index (Phi) is 6.17. The number of hydrogen-bond acceptors (Lipinski definition) is 1. The molecule has 0 aliphatic heterocycles. The molecular weight excluding hydrogens is 398 g/mol. The summed E-state index contributed by atoms with van der Waals surface area (Å²) in [5.41, 5.74) is 8.85. The van der Waals surface area contributed by atoms with Crippen LogP contribution in [0.1, 0.15) is 47.1 Å². The van der Waals surface area contributed by atoms with E-state index in [4.69, 9.17) is 0 Å². The standard InChI is InChI=1S/C32H35N/c1-31(2,3)28-18-22-30(23-19-28)33(32(4,5)6)29-20-16-27(17-21-29)26-14-12-25(13-15-26)24-10-8-7-9-11-24/h7-23H,1-6H3. The largest absolute Gasteiger partial charge is 0.336 e. The van der Waals surface area contributed by atoms with Gasteiger partial charge < -0.3 is 4.90 Å². The Labute approximate surface area is 199 Å². The first-order valence-corrected chi connectivity index (χ1v) is 11.8. The van der Waals surface area contributed by atoms with Crippen molar-refractivity contribution in [3.05, 3.63) is 109 Å². The Bertz CT molecular complexity index is 1170. The van der Waals surface area contributed by atoms with Crippen molar-refractivity contribution in [1.82, 2.24) is 0 Å². The molecule has 0 aliphatic carbocycles. The lowest BCUT2D eigenvalue weighted by molar-refractivity contribution is 0.559. The third-order valence-electron chi connectivity index (χ3n) is 6.11. The summed E-state index contributed by atoms with van der Waals surface area (Å²) in [5, 5.41) is 0. The average Bonchev–Trinajstić information content (AvgIpc) is 2.79. The zero-order chi connectivity index (χ0) is 23.6. The third kappa shape index (κ3) is 5.20. The quantitative estimate of drug-likeness (QED) is 0.310. The van der Waals surface area contributed by atoms with Gasteiger partial charge in [-0.2, -0.15) is 0 Å². The molecule has 0 saturated heterocycles. The van der Waals surface area contributed by atoms with Gasteiger partial charge in [-0.3, -0.25) is 0 Å². The van der Waals surface area contributed by atoms with Crippen LogP contribution in [0.4, 0.5) is 11.4 Å². The van der Waals surface area contributed by atoms with E-state index >= 15 is 0 Å². The summed E-state index contributed by atoms with van der Waals surface area (Å²) in [6, 6.07) is 37.3. The van der Waals surface area contributed by atoms with Gasteiger partial charge in [0, 0.05) is 16.9 Å². The van der Waals surface area contributed by atoms with Crippen molar-refractivity contribution >= 4 is 11.4 Å². The van der Waals surface area contributed by atoms with E-state index in [2.05, 4.69) is 150 Å². The molecule has 0 amide bonds. The molecule has 4 aromatic rings. The van der Waals surface area contributed by atoms with Crippen LogP contribution in [0, 0.1) is 0 Å². The molecule has 33 heavy (non-hydrogen) atoms. The van der Waals surface area contributed by atoms with Gasteiger partial charge in [-0.15, -0.1) is 0 Å². The summed E-state index contributed by atoms with van der Waals surface area (Å²) < 4.78 is 0. The Morgan fingerprint density at radius 3 is 1.18 bits per heavy atom. The zero-order valence-electron chi connectivity index (χ0n) is 20.8. The van der Waals surface area contributed by atoms with Crippen LogP contribution in [-0.4, -0.2) is 5.54 Å². The van der Waals surface area contributed by atoms with Gasteiger partial charge in [-0.05, 0) is 78.3 Å². The van der Waals surface area contributed by atoms with E-state index in [9.17, 15) is 0 Å². The molecule has 0 atom stereocenters. The zero-order valence-corrected chi connectivity index (χ0v) is 20.8. The fourth-order valence-electron chi connectivity index (χ4n) is 4.32. The third-order valence-corrected chi connectivity index (χ3v) is 6.11. The van der Waals surface area contributed by atoms with Crippen molar-refractivity contribution in [3.8, 4) is 22.3 Å². The van der Waals surface area contributed by atoms with Gasteiger partial charge in [0.2, 0.25) is 0 Å². The van der Waals surface area contributed by atoms with Crippen LogP contribution < -0.4 is 4.90 Å². The van der Waals surface area contributed by atoms with E-state index < -0.39 is 0 Å². The summed E-state index contributed by atoms with van der Waals surface area (Å²) in [7, 11) is 0. The number of anilines is 2. The van der Waals surface area contributed by atoms with E-state index in [1.807, 2.05) is 0 Å². The fraction of sp³-hybridized carbons (Fsp3) is 0.250. The summed E-state index contributed by atoms with van der Waals surface area (Å²) in [6.07, 6.45) is 0. The van der Waals surface area contributed by atoms with Crippen molar-refractivity contribution in [2.45, 2.75) is 52.5 Å². The maximum atomic E-state index is 2.42. The van der Waals surface area contributed by atoms with Crippen molar-refractivity contribution in [2.75, 3.05) is 4.90 Å². The second-order valence-corrected chi connectivity index (χ2v) is 10.8. The van der Waals surface area contributed by atoms with Gasteiger partial charge in [0.25, 0.3) is 0 Å². The van der Waals surface area contributed by atoms with Crippen LogP contribution in [0.25, 0.3) is 22.3 Å². The molecule has 4 aromatic carbocycles. The lowest BCUT2D eigenvalue weighted by atomic mass is 9.87. The van der Waals surface area contributed by atoms with Gasteiger partial charge in [0.1, 0.15) is 0 Å². The summed E-state index contributed by atoms with van der Waals surface area (Å²) >= 11 is 0. The molecule has 0 aliphatic rings. The molecule has 0 spiro atoms. The predicted octanol–water partition coefficient (Wildman–Crippen LogP) is 9.25. The van der Waals surface area contributed by atoms with Crippen molar-refractivity contribution in [2.24, 2.45) is 0 Å². The SMILES string of the molecule is CC(C)(C)c1ccc(N(c2ccc(-c3ccc(-c4ccccc4)cc3)cc2)C(C)(C)C)cc1. The Morgan fingerprint density at radius 2 is 0.788 bits per heavy atom. The molecule has 0 heterocycles. The maximum absolute atomic E-state index is 2.42. The number of hydrogen-bond donors (Lipinski definition) is 0. The minimum atomic E-state index is -0.0396. The molecule has 4 rings (SSSR count). The number of benzene rings is 4. The van der Waals surface area contributed by atoms with Crippen LogP contribution in [0.3, 0.4) is 0 Å². The van der Waals surface area contributed by atoms with Crippen LogP contribution >= 0.6 is 0 Å². The van der Waals surface area contributed by atoms with E-state index in [0.717, 1.165) is 0 Å². The minimum absolute atomic E-state index is 0.0396. The van der Waals surface area contributed by atoms with Crippen LogP contribution in [0.2, 0.25) is 0 Å². The molecule has 0 N–H and O–H groups in total. The lowest BCUT2D eigenvalue weighted by Gasteiger charge is -2.38. The van der Waals surface area contributed by atoms with Crippen molar-refractivity contribution in [1.29, 1.82) is 0 Å². The van der Waals surface area contributed by atoms with Crippen LogP contribution in [0.5, 0.6) is 0 Å². The van der Waals surface area contributed by atoms with Crippen molar-refractivity contribution < 1.29 is 0 Å². The first-order chi connectivity index (χ1) is 15.6. The van der Waals surface area contributed by atoms with E-state index in [-0.39, 0.29) is 11.0 Å². The molecule has 0 radical (unpaired) electrons. The van der Waals surface area contributed by atoms with E-state index in [1.54, 1.807) is 0 Å². The highest BCUT2D eigenvalue weighted by Gasteiger charge is 2.24. The smallest absolute Gasteiger partial charge is 0.0416 e. The minimum Gasteiger partial charge on any atom is -0.336 e. The summed E-state index contributed by atoms with van der Waals surface area (Å²) in [5.74, 6) is 0. The molecule has 0 saturated carbocycles. The Balaban J connectivity index is 1.61. The highest BCUT2D eigenvalue weighted by atomic mass is 15.2. The predicted molar refractivity (Wildman–Crippen MR) is 144 cm³/mol. The second kappa shape index (κ2) is 8.90. The van der Waals surface area contributed by atoms with E-state index in [1.165, 1.54) is 39.2 Å². The number of rotatable bonds is 4. The summed E-state index contributed by atoms with van der Waals surface area (Å²) in [4.78, 5) is 2.42. The highest BCUT2D eigenvalue weighted by Crippen LogP contribution is 2.36. The molecule has 0 unspecified atom stereocenters. The van der Waals surface area contributed by atoms with Gasteiger partial charge in [-0.1, -0.05) is 99.6 Å². The van der Waals surface area contributed by atoms with Gasteiger partial charge in [0.05, 0.1) is 0 Å². The molecule has 1 nitrogen and oxygen atoms in total. The Morgan fingerprint density at radius 1 is 0.424 bits per heavy atom. The maximum Gasteiger partial charge on any atom is 0.0416 e. The van der Waals surface area contributed by atoms with Crippen molar-refractivity contribution in [3.63, 3.8) is 0 Å².